The molecule has 5 N–H and O–H groups in total. The SMILES string of the molecule is COc1cc(/C=C/C(=O)O[C@@H]2[C@@H](O)[C@H](O[C@@H]3C[C@H](OC)[C@H](OC)[C@@H](O)/C3=C/C#N)O[C@H](CO)[C@H]2O)ccc1O. The number of hydrogen-bond acceptors (Lipinski definition) is 13. The summed E-state index contributed by atoms with van der Waals surface area (Å²) < 4.78 is 32.5. The summed E-state index contributed by atoms with van der Waals surface area (Å²) in [5, 5.41) is 61.0. The summed E-state index contributed by atoms with van der Waals surface area (Å²) >= 11 is 0. The molecule has 9 atom stereocenters. The average molecular weight is 552 g/mol. The number of aromatic hydroxyl groups is 1. The van der Waals surface area contributed by atoms with Crippen LogP contribution in [0, 0.1) is 11.3 Å². The number of rotatable bonds is 9. The highest BCUT2D eigenvalue weighted by molar-refractivity contribution is 5.87. The van der Waals surface area contributed by atoms with Gasteiger partial charge >= 0.3 is 5.97 Å². The molecular formula is C26H33NO12. The first-order chi connectivity index (χ1) is 18.7. The van der Waals surface area contributed by atoms with Crippen LogP contribution in [0.15, 0.2) is 35.9 Å². The summed E-state index contributed by atoms with van der Waals surface area (Å²) in [6.07, 6.45) is -7.73. The molecule has 0 bridgehead atoms. The number of carbonyl (C=O) groups is 1. The molecule has 1 aromatic carbocycles. The van der Waals surface area contributed by atoms with Crippen LogP contribution in [0.25, 0.3) is 6.08 Å². The fourth-order valence-corrected chi connectivity index (χ4v) is 4.56. The van der Waals surface area contributed by atoms with Gasteiger partial charge in [0.05, 0.1) is 32.0 Å². The molecule has 0 amide bonds. The molecule has 13 nitrogen and oxygen atoms in total. The van der Waals surface area contributed by atoms with Gasteiger partial charge in [0.2, 0.25) is 0 Å². The summed E-state index contributed by atoms with van der Waals surface area (Å²) in [5.41, 5.74) is 0.653. The van der Waals surface area contributed by atoms with Crippen LogP contribution in [0.5, 0.6) is 11.5 Å². The Kier molecular flexibility index (Phi) is 10.8. The molecule has 0 unspecified atom stereocenters. The molecular weight excluding hydrogens is 518 g/mol. The number of nitriles is 1. The second kappa shape index (κ2) is 13.8. The number of hydrogen-bond donors (Lipinski definition) is 5. The maximum absolute atomic E-state index is 12.6. The van der Waals surface area contributed by atoms with E-state index in [4.69, 9.17) is 28.4 Å². The Morgan fingerprint density at radius 1 is 1.15 bits per heavy atom. The molecule has 214 valence electrons. The fourth-order valence-electron chi connectivity index (χ4n) is 4.56. The zero-order valence-electron chi connectivity index (χ0n) is 21.6. The van der Waals surface area contributed by atoms with Crippen LogP contribution < -0.4 is 4.74 Å². The first-order valence-corrected chi connectivity index (χ1v) is 12.1. The molecule has 1 aromatic rings. The van der Waals surface area contributed by atoms with Gasteiger partial charge in [0, 0.05) is 38.4 Å². The summed E-state index contributed by atoms with van der Waals surface area (Å²) in [7, 11) is 4.18. The van der Waals surface area contributed by atoms with Gasteiger partial charge in [-0.25, -0.2) is 4.79 Å². The molecule has 1 saturated carbocycles. The van der Waals surface area contributed by atoms with E-state index in [2.05, 4.69) is 0 Å². The minimum absolute atomic E-state index is 0.0837. The van der Waals surface area contributed by atoms with Crippen molar-refractivity contribution in [3.8, 4) is 17.6 Å². The molecule has 39 heavy (non-hydrogen) atoms. The number of phenols is 1. The van der Waals surface area contributed by atoms with Crippen molar-refractivity contribution in [2.24, 2.45) is 0 Å². The minimum Gasteiger partial charge on any atom is -0.504 e. The molecule has 1 heterocycles. The Bertz CT molecular complexity index is 1090. The number of aliphatic hydroxyl groups is 4. The normalized spacial score (nSPS) is 34.1. The molecule has 13 heteroatoms. The second-order valence-corrected chi connectivity index (χ2v) is 8.93. The van der Waals surface area contributed by atoms with E-state index in [0.717, 1.165) is 12.2 Å². The maximum atomic E-state index is 12.6. The van der Waals surface area contributed by atoms with Crippen molar-refractivity contribution in [2.45, 2.75) is 61.5 Å². The van der Waals surface area contributed by atoms with E-state index in [1.54, 1.807) is 0 Å². The Labute approximate surface area is 225 Å². The number of ether oxygens (including phenoxy) is 6. The van der Waals surface area contributed by atoms with Crippen LogP contribution >= 0.6 is 0 Å². The Hall–Kier alpha value is -3.06. The lowest BCUT2D eigenvalue weighted by Gasteiger charge is -2.45. The third-order valence-electron chi connectivity index (χ3n) is 6.63. The van der Waals surface area contributed by atoms with Crippen molar-refractivity contribution < 1.29 is 58.7 Å². The summed E-state index contributed by atoms with van der Waals surface area (Å²) in [4.78, 5) is 12.6. The monoisotopic (exact) mass is 551 g/mol. The first-order valence-electron chi connectivity index (χ1n) is 12.1. The highest BCUT2D eigenvalue weighted by Crippen LogP contribution is 2.34. The summed E-state index contributed by atoms with van der Waals surface area (Å²) in [6.45, 7) is -0.689. The van der Waals surface area contributed by atoms with Crippen LogP contribution in [-0.2, 0) is 28.5 Å². The van der Waals surface area contributed by atoms with Gasteiger partial charge in [-0.15, -0.1) is 0 Å². The molecule has 2 fully saturated rings. The predicted octanol–water partition coefficient (Wildman–Crippen LogP) is -0.605. The number of aliphatic hydroxyl groups excluding tert-OH is 4. The Balaban J connectivity index is 1.78. The fraction of sp³-hybridized carbons (Fsp3) is 0.538. The number of phenolic OH excluding ortho intramolecular Hbond substituents is 1. The van der Waals surface area contributed by atoms with E-state index < -0.39 is 67.7 Å². The molecule has 3 rings (SSSR count). The number of carbonyl (C=O) groups excluding carboxylic acids is 1. The van der Waals surface area contributed by atoms with Crippen LogP contribution in [0.2, 0.25) is 0 Å². The van der Waals surface area contributed by atoms with Crippen LogP contribution in [0.4, 0.5) is 0 Å². The molecule has 1 saturated heterocycles. The quantitative estimate of drug-likeness (QED) is 0.148. The number of nitrogens with zero attached hydrogens (tertiary/aromatic N) is 1. The highest BCUT2D eigenvalue weighted by Gasteiger charge is 2.50. The molecule has 0 radical (unpaired) electrons. The predicted molar refractivity (Wildman–Crippen MR) is 132 cm³/mol. The largest absolute Gasteiger partial charge is 0.504 e. The van der Waals surface area contributed by atoms with E-state index in [-0.39, 0.29) is 23.5 Å². The van der Waals surface area contributed by atoms with Crippen LogP contribution in [0.1, 0.15) is 12.0 Å². The molecule has 0 spiro atoms. The third kappa shape index (κ3) is 6.93. The first kappa shape index (κ1) is 30.5. The van der Waals surface area contributed by atoms with Crippen molar-refractivity contribution in [3.05, 3.63) is 41.5 Å². The van der Waals surface area contributed by atoms with E-state index in [1.165, 1.54) is 45.6 Å². The average Bonchev–Trinajstić information content (AvgIpc) is 2.93. The minimum atomic E-state index is -1.71. The van der Waals surface area contributed by atoms with E-state index in [9.17, 15) is 35.6 Å². The number of esters is 1. The van der Waals surface area contributed by atoms with Gasteiger partial charge in [0.15, 0.2) is 23.9 Å². The number of allylic oxidation sites excluding steroid dienone is 1. The van der Waals surface area contributed by atoms with Gasteiger partial charge in [0.25, 0.3) is 0 Å². The lowest BCUT2D eigenvalue weighted by atomic mass is 9.84. The van der Waals surface area contributed by atoms with Crippen molar-refractivity contribution >= 4 is 12.0 Å². The summed E-state index contributed by atoms with van der Waals surface area (Å²) in [5.74, 6) is -0.820. The van der Waals surface area contributed by atoms with Crippen molar-refractivity contribution in [1.82, 2.24) is 0 Å². The van der Waals surface area contributed by atoms with Crippen LogP contribution in [-0.4, -0.2) is 115 Å². The van der Waals surface area contributed by atoms with E-state index >= 15 is 0 Å². The zero-order chi connectivity index (χ0) is 28.7. The second-order valence-electron chi connectivity index (χ2n) is 8.93. The smallest absolute Gasteiger partial charge is 0.331 e. The van der Waals surface area contributed by atoms with Gasteiger partial charge in [-0.3, -0.25) is 0 Å². The molecule has 1 aliphatic heterocycles. The van der Waals surface area contributed by atoms with Crippen molar-refractivity contribution in [1.29, 1.82) is 5.26 Å². The topological polar surface area (TPSA) is 197 Å². The highest BCUT2D eigenvalue weighted by atomic mass is 16.7. The molecule has 1 aliphatic carbocycles. The third-order valence-corrected chi connectivity index (χ3v) is 6.63. The van der Waals surface area contributed by atoms with Gasteiger partial charge < -0.3 is 54.0 Å². The van der Waals surface area contributed by atoms with Gasteiger partial charge in [-0.2, -0.15) is 5.26 Å². The van der Waals surface area contributed by atoms with Crippen LogP contribution in [0.3, 0.4) is 0 Å². The van der Waals surface area contributed by atoms with E-state index in [1.807, 2.05) is 6.07 Å². The lowest BCUT2D eigenvalue weighted by Crippen LogP contribution is -2.61. The van der Waals surface area contributed by atoms with Crippen molar-refractivity contribution in [2.75, 3.05) is 27.9 Å². The molecule has 0 aromatic heterocycles. The lowest BCUT2D eigenvalue weighted by molar-refractivity contribution is -0.314. The van der Waals surface area contributed by atoms with Crippen molar-refractivity contribution in [3.63, 3.8) is 0 Å². The van der Waals surface area contributed by atoms with Gasteiger partial charge in [-0.05, 0) is 23.8 Å². The standard InChI is InChI=1S/C26H33NO12/c1-34-17-10-13(4-6-15(17)29)5-7-20(30)39-25-22(32)19(12-28)38-26(23(25)33)37-16-11-18(35-2)24(36-3)21(31)14(16)8-9-27/h4-8,10,16,18-19,21-26,28-29,31-33H,11-12H2,1-3H3/b7-5+,14-8+/t16-,18+,19-,21+,22-,23-,24+,25+,26-/m1/s1. The number of methoxy groups -OCH3 is 3. The Morgan fingerprint density at radius 2 is 1.90 bits per heavy atom. The zero-order valence-corrected chi connectivity index (χ0v) is 21.6. The number of benzene rings is 1. The van der Waals surface area contributed by atoms with Gasteiger partial charge in [-0.1, -0.05) is 6.07 Å². The summed E-state index contributed by atoms with van der Waals surface area (Å²) in [6, 6.07) is 6.23. The van der Waals surface area contributed by atoms with E-state index in [0.29, 0.717) is 5.56 Å². The Morgan fingerprint density at radius 3 is 2.51 bits per heavy atom. The molecule has 2 aliphatic rings. The maximum Gasteiger partial charge on any atom is 0.331 e. The van der Waals surface area contributed by atoms with Gasteiger partial charge in [0.1, 0.15) is 30.5 Å².